The summed E-state index contributed by atoms with van der Waals surface area (Å²) < 4.78 is 0.831. The number of hydrogen-bond acceptors (Lipinski definition) is 6. The molecule has 0 aliphatic heterocycles. The van der Waals surface area contributed by atoms with Crippen LogP contribution in [0.3, 0.4) is 0 Å². The molecule has 2 aromatic rings. The molecule has 0 spiro atoms. The van der Waals surface area contributed by atoms with Gasteiger partial charge >= 0.3 is 0 Å². The average Bonchev–Trinajstić information content (AvgIpc) is 2.60. The summed E-state index contributed by atoms with van der Waals surface area (Å²) in [5.41, 5.74) is 1.73. The number of halogens is 1. The second-order valence-electron chi connectivity index (χ2n) is 3.18. The third-order valence-corrected chi connectivity index (χ3v) is 4.17. The van der Waals surface area contributed by atoms with E-state index in [0.29, 0.717) is 10.2 Å². The van der Waals surface area contributed by atoms with Crippen molar-refractivity contribution in [3.05, 3.63) is 21.5 Å². The van der Waals surface area contributed by atoms with Crippen molar-refractivity contribution in [1.29, 1.82) is 0 Å². The molecule has 0 radical (unpaired) electrons. The Bertz CT molecular complexity index is 526. The number of aryl methyl sites for hydroxylation is 3. The van der Waals surface area contributed by atoms with Gasteiger partial charge in [0.25, 0.3) is 0 Å². The van der Waals surface area contributed by atoms with Crippen LogP contribution in [0.1, 0.15) is 16.4 Å². The third kappa shape index (κ3) is 2.50. The molecule has 84 valence electrons. The first-order valence-electron chi connectivity index (χ1n) is 4.55. The average molecular weight is 273 g/mol. The van der Waals surface area contributed by atoms with Gasteiger partial charge in [-0.05, 0) is 32.5 Å². The maximum absolute atomic E-state index is 6.02. The van der Waals surface area contributed by atoms with E-state index in [0.717, 1.165) is 20.7 Å². The predicted octanol–water partition coefficient (Wildman–Crippen LogP) is 3.06. The Kier molecular flexibility index (Phi) is 3.41. The predicted molar refractivity (Wildman–Crippen MR) is 65.3 cm³/mol. The third-order valence-electron chi connectivity index (χ3n) is 1.93. The lowest BCUT2D eigenvalue weighted by molar-refractivity contribution is 0.947. The molecule has 0 bridgehead atoms. The van der Waals surface area contributed by atoms with Gasteiger partial charge in [-0.25, -0.2) is 9.97 Å². The maximum atomic E-state index is 6.02. The van der Waals surface area contributed by atoms with Gasteiger partial charge < -0.3 is 0 Å². The zero-order chi connectivity index (χ0) is 11.7. The zero-order valence-corrected chi connectivity index (χ0v) is 11.4. The van der Waals surface area contributed by atoms with Gasteiger partial charge in [0.1, 0.15) is 10.0 Å². The van der Waals surface area contributed by atoms with Crippen molar-refractivity contribution in [3.63, 3.8) is 0 Å². The van der Waals surface area contributed by atoms with Crippen molar-refractivity contribution in [3.8, 4) is 0 Å². The van der Waals surface area contributed by atoms with E-state index in [1.54, 1.807) is 0 Å². The molecule has 4 nitrogen and oxygen atoms in total. The smallest absolute Gasteiger partial charge is 0.180 e. The molecule has 0 aliphatic rings. The highest BCUT2D eigenvalue weighted by Crippen LogP contribution is 2.32. The first-order valence-corrected chi connectivity index (χ1v) is 6.56. The highest BCUT2D eigenvalue weighted by atomic mass is 35.5. The number of aromatic nitrogens is 4. The first kappa shape index (κ1) is 11.8. The SMILES string of the molecule is Cc1nnc(Sc2nc(C)c(C)nc2Cl)s1. The van der Waals surface area contributed by atoms with Crippen LogP contribution in [0.25, 0.3) is 0 Å². The molecule has 2 aromatic heterocycles. The summed E-state index contributed by atoms with van der Waals surface area (Å²) in [6.07, 6.45) is 0. The molecule has 0 saturated carbocycles. The number of hydrogen-bond donors (Lipinski definition) is 0. The normalized spacial score (nSPS) is 10.8. The van der Waals surface area contributed by atoms with E-state index in [-0.39, 0.29) is 0 Å². The second kappa shape index (κ2) is 4.65. The lowest BCUT2D eigenvalue weighted by Crippen LogP contribution is -1.94. The van der Waals surface area contributed by atoms with Crippen LogP contribution in [0, 0.1) is 20.8 Å². The molecule has 0 unspecified atom stereocenters. The van der Waals surface area contributed by atoms with Gasteiger partial charge in [-0.15, -0.1) is 10.2 Å². The Balaban J connectivity index is 2.31. The molecule has 0 fully saturated rings. The van der Waals surface area contributed by atoms with Crippen LogP contribution >= 0.6 is 34.7 Å². The van der Waals surface area contributed by atoms with Crippen molar-refractivity contribution >= 4 is 34.7 Å². The van der Waals surface area contributed by atoms with Gasteiger partial charge in [0.15, 0.2) is 9.49 Å². The van der Waals surface area contributed by atoms with Gasteiger partial charge in [-0.1, -0.05) is 22.9 Å². The molecule has 7 heteroatoms. The van der Waals surface area contributed by atoms with Gasteiger partial charge in [-0.3, -0.25) is 0 Å². The number of rotatable bonds is 2. The van der Waals surface area contributed by atoms with Crippen LogP contribution in [0.4, 0.5) is 0 Å². The van der Waals surface area contributed by atoms with Gasteiger partial charge in [0, 0.05) is 0 Å². The highest BCUT2D eigenvalue weighted by Gasteiger charge is 2.11. The minimum Gasteiger partial charge on any atom is -0.241 e. The quantitative estimate of drug-likeness (QED) is 0.841. The molecule has 0 saturated heterocycles. The lowest BCUT2D eigenvalue weighted by atomic mass is 10.4. The van der Waals surface area contributed by atoms with Crippen molar-refractivity contribution in [2.24, 2.45) is 0 Å². The van der Waals surface area contributed by atoms with E-state index in [9.17, 15) is 0 Å². The van der Waals surface area contributed by atoms with Crippen LogP contribution in [0.5, 0.6) is 0 Å². The molecular formula is C9H9ClN4S2. The summed E-state index contributed by atoms with van der Waals surface area (Å²) in [5.74, 6) is 0. The van der Waals surface area contributed by atoms with Crippen LogP contribution in [0.15, 0.2) is 9.37 Å². The molecule has 0 atom stereocenters. The topological polar surface area (TPSA) is 51.6 Å². The Morgan fingerprint density at radius 2 is 1.75 bits per heavy atom. The molecule has 0 N–H and O–H groups in total. The monoisotopic (exact) mass is 272 g/mol. The van der Waals surface area contributed by atoms with E-state index in [2.05, 4.69) is 20.2 Å². The zero-order valence-electron chi connectivity index (χ0n) is 8.98. The summed E-state index contributed by atoms with van der Waals surface area (Å²) in [4.78, 5) is 8.60. The van der Waals surface area contributed by atoms with Crippen molar-refractivity contribution in [2.45, 2.75) is 30.1 Å². The van der Waals surface area contributed by atoms with E-state index >= 15 is 0 Å². The maximum Gasteiger partial charge on any atom is 0.180 e. The fourth-order valence-electron chi connectivity index (χ4n) is 1.02. The summed E-state index contributed by atoms with van der Waals surface area (Å²) >= 11 is 8.93. The first-order chi connectivity index (χ1) is 7.56. The van der Waals surface area contributed by atoms with Crippen LogP contribution in [-0.2, 0) is 0 Å². The molecule has 0 amide bonds. The molecule has 0 aliphatic carbocycles. The molecule has 2 rings (SSSR count). The summed E-state index contributed by atoms with van der Waals surface area (Å²) in [6.45, 7) is 5.71. The van der Waals surface area contributed by atoms with E-state index < -0.39 is 0 Å². The Morgan fingerprint density at radius 3 is 2.38 bits per heavy atom. The molecule has 2 heterocycles. The number of nitrogens with zero attached hydrogens (tertiary/aromatic N) is 4. The second-order valence-corrected chi connectivity index (χ2v) is 5.96. The van der Waals surface area contributed by atoms with Crippen LogP contribution < -0.4 is 0 Å². The Hall–Kier alpha value is -0.720. The van der Waals surface area contributed by atoms with E-state index in [4.69, 9.17) is 11.6 Å². The summed E-state index contributed by atoms with van der Waals surface area (Å²) in [6, 6.07) is 0. The fraction of sp³-hybridized carbons (Fsp3) is 0.333. The van der Waals surface area contributed by atoms with Crippen molar-refractivity contribution in [2.75, 3.05) is 0 Å². The minimum absolute atomic E-state index is 0.418. The Labute approximate surface area is 106 Å². The molecular weight excluding hydrogens is 264 g/mol. The van der Waals surface area contributed by atoms with E-state index in [1.165, 1.54) is 23.1 Å². The Morgan fingerprint density at radius 1 is 1.06 bits per heavy atom. The van der Waals surface area contributed by atoms with Crippen molar-refractivity contribution < 1.29 is 0 Å². The molecule has 16 heavy (non-hydrogen) atoms. The summed E-state index contributed by atoms with van der Waals surface area (Å²) in [7, 11) is 0. The van der Waals surface area contributed by atoms with Gasteiger partial charge in [-0.2, -0.15) is 0 Å². The summed E-state index contributed by atoms with van der Waals surface area (Å²) in [5, 5.41) is 9.97. The van der Waals surface area contributed by atoms with Gasteiger partial charge in [0.05, 0.1) is 11.4 Å². The van der Waals surface area contributed by atoms with Crippen LogP contribution in [-0.4, -0.2) is 20.2 Å². The standard InChI is InChI=1S/C9H9ClN4S2/c1-4-5(2)12-8(7(10)11-4)16-9-14-13-6(3)15-9/h1-3H3. The largest absolute Gasteiger partial charge is 0.241 e. The fourth-order valence-corrected chi connectivity index (χ4v) is 3.05. The van der Waals surface area contributed by atoms with Crippen LogP contribution in [0.2, 0.25) is 5.15 Å². The highest BCUT2D eigenvalue weighted by molar-refractivity contribution is 8.01. The molecule has 0 aromatic carbocycles. The van der Waals surface area contributed by atoms with E-state index in [1.807, 2.05) is 20.8 Å². The van der Waals surface area contributed by atoms with Crippen molar-refractivity contribution in [1.82, 2.24) is 20.2 Å². The lowest BCUT2D eigenvalue weighted by Gasteiger charge is -2.03. The van der Waals surface area contributed by atoms with Gasteiger partial charge in [0.2, 0.25) is 0 Å². The minimum atomic E-state index is 0.418.